The topological polar surface area (TPSA) is 527 Å². The number of nitrogen functional groups attached to an aromatic ring is 4. The molecule has 0 atom stereocenters. The molecule has 116 heavy (non-hydrogen) atoms. The molecule has 13 N–H and O–H groups in total. The number of furan rings is 4. The van der Waals surface area contributed by atoms with Crippen LogP contribution in [0.25, 0.3) is 56.9 Å². The van der Waals surface area contributed by atoms with Gasteiger partial charge in [0, 0.05) is 81.2 Å². The number of hydrogen-bond donors (Lipinski definition) is 8. The van der Waals surface area contributed by atoms with Gasteiger partial charge in [-0.25, -0.2) is 67.8 Å². The predicted octanol–water partition coefficient (Wildman–Crippen LogP) is 8.07. The molecule has 0 radical (unpaired) electrons. The second-order valence-corrected chi connectivity index (χ2v) is 26.5. The number of aryl methyl sites for hydroxylation is 7. The molecule has 0 unspecified atom stereocenters. The van der Waals surface area contributed by atoms with E-state index in [1.807, 2.05) is 27.7 Å². The van der Waals surface area contributed by atoms with Crippen LogP contribution in [0.3, 0.4) is 0 Å². The second-order valence-electron chi connectivity index (χ2n) is 25.4. The van der Waals surface area contributed by atoms with Crippen LogP contribution >= 0.6 is 34.8 Å². The molecule has 1 aliphatic heterocycles. The van der Waals surface area contributed by atoms with Crippen LogP contribution in [0.5, 0.6) is 0 Å². The Hall–Kier alpha value is -12.8. The standard InChI is InChI=1S/C17H16N4O4.C16H14N4O4.C12H18BNO3.C11H10ClN3O3.C7H7F2N.C6H5Cl2N3O2.C5H7BO3/c1-9-4-6-11(25-9)14-13(10-5-7-12(22)21(2)8-10)19-15(16(18)20-14)17(23)24-3;1-8-3-5-10(24-8)13-12(9-4-6-11(21)20(2)7-9)18-14(16(22)23)15(17)19-13;1-11(2)12(3,4)17-13(16-11)9-6-7-10(15)14(5)8-9;1-5-3-4-6(18-5)7-9(12)14-8(10(13)15-7)11(16)17-2;8-6-2-1-3-7(9)5(6)4-10;1-13-6(12)2-5(9)11-4(8)3(7)10-2;1-4-2-3-5(9-4)6(7)8/h4-8H,1-3H3,(H2,18,20);3-7H,1-2H3,(H2,17,19)(H,22,23);6-8H,1-5H3;3-4H,1-2H3,(H2,13,15);1-3H,4,10H2;1H3,(H2,9,11);2-3,7-8H,1H3. The van der Waals surface area contributed by atoms with Crippen LogP contribution < -0.4 is 56.5 Å². The smallest absolute Gasteiger partial charge is 0.476 e. The highest BCUT2D eigenvalue weighted by atomic mass is 35.5. The number of rotatable bonds is 12. The molecule has 1 fully saturated rings. The van der Waals surface area contributed by atoms with E-state index in [1.54, 1.807) is 128 Å². The van der Waals surface area contributed by atoms with E-state index in [4.69, 9.17) is 105 Å². The van der Waals surface area contributed by atoms with E-state index in [1.165, 1.54) is 77.5 Å². The van der Waals surface area contributed by atoms with Crippen molar-refractivity contribution >= 4 is 107 Å². The third kappa shape index (κ3) is 22.8. The second kappa shape index (κ2) is 39.3. The minimum absolute atomic E-state index is 0.0268. The zero-order valence-electron chi connectivity index (χ0n) is 64.5. The number of esters is 3. The van der Waals surface area contributed by atoms with Gasteiger partial charge in [-0.05, 0) is 134 Å². The zero-order valence-corrected chi connectivity index (χ0v) is 66.7. The SMILES string of the molecule is COC(=O)c1nc(-c2ccc(=O)n(C)c2)c(-c2ccc(C)o2)nc1N.COC(=O)c1nc(Cl)c(-c2ccc(C)o2)nc1N.COC(=O)c1nc(Cl)c(Cl)nc1N.Cc1ccc(-c2nc(N)c(C(=O)O)nc2-c2ccc(=O)n(C)c2)o1.Cc1ccc(B(O)O)o1.Cn1cc(B2OC(C)(C)C(C)(C)O2)ccc1=O.NCc1c(F)cccc1F. The Bertz CT molecular complexity index is 5740. The Morgan fingerprint density at radius 1 is 0.474 bits per heavy atom. The van der Waals surface area contributed by atoms with Crippen molar-refractivity contribution in [3.05, 3.63) is 231 Å². The number of aromatic nitrogens is 11. The van der Waals surface area contributed by atoms with Crippen LogP contribution in [0.2, 0.25) is 15.5 Å². The monoisotopic (exact) mass is 1660 g/mol. The molecule has 12 heterocycles. The lowest BCUT2D eigenvalue weighted by molar-refractivity contribution is 0.00578. The molecule has 42 heteroatoms. The molecule has 35 nitrogen and oxygen atoms in total. The van der Waals surface area contributed by atoms with Gasteiger partial charge in [0.15, 0.2) is 78.8 Å². The molecule has 13 rings (SSSR count). The Kier molecular flexibility index (Phi) is 30.7. The maximum atomic E-state index is 12.5. The lowest BCUT2D eigenvalue weighted by Crippen LogP contribution is -2.41. The summed E-state index contributed by atoms with van der Waals surface area (Å²) in [6.45, 7) is 15.0. The van der Waals surface area contributed by atoms with Crippen molar-refractivity contribution in [2.75, 3.05) is 44.3 Å². The van der Waals surface area contributed by atoms with Gasteiger partial charge in [0.05, 0.1) is 38.3 Å². The number of carboxylic acids is 1. The number of carboxylic acid groups (broad SMARTS) is 1. The first-order chi connectivity index (χ1) is 54.5. The number of ether oxygens (including phenoxy) is 3. The molecule has 11 aromatic heterocycles. The molecule has 0 aliphatic carbocycles. The Labute approximate surface area is 674 Å². The number of carbonyl (C=O) groups excluding carboxylic acids is 3. The third-order valence-electron chi connectivity index (χ3n) is 16.5. The van der Waals surface area contributed by atoms with E-state index < -0.39 is 49.7 Å². The molecule has 1 saturated heterocycles. The molecule has 0 bridgehead atoms. The van der Waals surface area contributed by atoms with Crippen molar-refractivity contribution in [3.8, 4) is 56.9 Å². The number of nitrogens with zero attached hydrogens (tertiary/aromatic N) is 11. The maximum absolute atomic E-state index is 12.5. The number of carbonyl (C=O) groups is 4. The van der Waals surface area contributed by atoms with Crippen molar-refractivity contribution in [1.29, 1.82) is 0 Å². The highest BCUT2D eigenvalue weighted by Crippen LogP contribution is 2.38. The first-order valence-electron chi connectivity index (χ1n) is 33.8. The van der Waals surface area contributed by atoms with Crippen molar-refractivity contribution in [3.63, 3.8) is 0 Å². The van der Waals surface area contributed by atoms with Gasteiger partial charge in [-0.15, -0.1) is 0 Å². The van der Waals surface area contributed by atoms with E-state index in [0.29, 0.717) is 68.5 Å². The number of benzene rings is 1. The number of halogens is 5. The van der Waals surface area contributed by atoms with Gasteiger partial charge < -0.3 is 98.7 Å². The summed E-state index contributed by atoms with van der Waals surface area (Å²) >= 11 is 17.0. The van der Waals surface area contributed by atoms with Crippen LogP contribution in [-0.2, 0) is 51.2 Å². The van der Waals surface area contributed by atoms with Crippen molar-refractivity contribution in [2.24, 2.45) is 26.9 Å². The predicted molar refractivity (Wildman–Crippen MR) is 425 cm³/mol. The average Bonchev–Trinajstić information content (AvgIpc) is 1.65. The fourth-order valence-corrected chi connectivity index (χ4v) is 10.2. The van der Waals surface area contributed by atoms with Gasteiger partial charge in [0.2, 0.25) is 16.7 Å². The number of hydrogen-bond acceptors (Lipinski definition) is 31. The minimum atomic E-state index is -1.49. The molecule has 0 saturated carbocycles. The summed E-state index contributed by atoms with van der Waals surface area (Å²) in [5.74, 6) is -0.933. The van der Waals surface area contributed by atoms with E-state index in [-0.39, 0.29) is 119 Å². The average molecular weight is 1660 g/mol. The van der Waals surface area contributed by atoms with E-state index >= 15 is 0 Å². The Balaban J connectivity index is 0.000000192. The number of aromatic carboxylic acids is 1. The molecular formula is C74H77B2Cl3F2N16O19. The van der Waals surface area contributed by atoms with Gasteiger partial charge in [0.25, 0.3) is 0 Å². The van der Waals surface area contributed by atoms with Crippen LogP contribution in [0.4, 0.5) is 32.1 Å². The highest BCUT2D eigenvalue weighted by molar-refractivity contribution is 6.62. The van der Waals surface area contributed by atoms with Crippen molar-refractivity contribution < 1.29 is 84.3 Å². The van der Waals surface area contributed by atoms with E-state index in [0.717, 1.165) is 5.46 Å². The third-order valence-corrected chi connectivity index (χ3v) is 17.3. The summed E-state index contributed by atoms with van der Waals surface area (Å²) < 4.78 is 76.2. The summed E-state index contributed by atoms with van der Waals surface area (Å²) in [6.07, 6.45) is 4.90. The lowest BCUT2D eigenvalue weighted by Gasteiger charge is -2.32. The number of nitrogens with two attached hydrogens (primary N) is 5. The largest absolute Gasteiger partial charge is 0.526 e. The van der Waals surface area contributed by atoms with Gasteiger partial charge in [-0.2, -0.15) is 0 Å². The first-order valence-corrected chi connectivity index (χ1v) is 34.9. The van der Waals surface area contributed by atoms with Crippen LogP contribution in [-0.4, -0.2) is 139 Å². The van der Waals surface area contributed by atoms with Gasteiger partial charge in [0.1, 0.15) is 63.0 Å². The summed E-state index contributed by atoms with van der Waals surface area (Å²) in [6, 6.07) is 26.5. The summed E-state index contributed by atoms with van der Waals surface area (Å²) in [5, 5.41) is 26.1. The van der Waals surface area contributed by atoms with Crippen LogP contribution in [0.15, 0.2) is 154 Å². The van der Waals surface area contributed by atoms with Gasteiger partial charge in [-0.3, -0.25) is 14.4 Å². The quantitative estimate of drug-likeness (QED) is 0.0325. The molecule has 12 aromatic rings. The molecule has 0 spiro atoms. The van der Waals surface area contributed by atoms with Crippen molar-refractivity contribution in [2.45, 2.75) is 73.1 Å². The zero-order chi connectivity index (χ0) is 86.1. The van der Waals surface area contributed by atoms with E-state index in [9.17, 15) is 47.4 Å². The fourth-order valence-electron chi connectivity index (χ4n) is 9.74. The number of pyridine rings is 3. The lowest BCUT2D eigenvalue weighted by atomic mass is 9.80. The van der Waals surface area contributed by atoms with Gasteiger partial charge >= 0.3 is 38.1 Å². The van der Waals surface area contributed by atoms with Gasteiger partial charge in [-0.1, -0.05) is 46.9 Å². The van der Waals surface area contributed by atoms with E-state index in [2.05, 4.69) is 49.3 Å². The van der Waals surface area contributed by atoms with Crippen LogP contribution in [0, 0.1) is 39.3 Å². The molecule has 1 aliphatic rings. The number of methoxy groups -OCH3 is 3. The molecular weight excluding hydrogens is 1580 g/mol. The molecule has 0 amide bonds. The van der Waals surface area contributed by atoms with Crippen molar-refractivity contribution in [1.82, 2.24) is 53.6 Å². The Morgan fingerprint density at radius 2 is 0.828 bits per heavy atom. The Morgan fingerprint density at radius 3 is 1.18 bits per heavy atom. The summed E-state index contributed by atoms with van der Waals surface area (Å²) in [4.78, 5) is 112. The van der Waals surface area contributed by atoms with Crippen LogP contribution in [0.1, 0.15) is 98.3 Å². The molecule has 1 aromatic carbocycles. The normalized spacial score (nSPS) is 12.0. The number of anilines is 4. The fraction of sp³-hybridized carbons (Fsp3) is 0.230. The minimum Gasteiger partial charge on any atom is -0.476 e. The summed E-state index contributed by atoms with van der Waals surface area (Å²) in [5.41, 5.74) is 29.5. The maximum Gasteiger partial charge on any atom is 0.526 e. The first kappa shape index (κ1) is 90.4. The highest BCUT2D eigenvalue weighted by Gasteiger charge is 2.52. The molecule has 608 valence electrons. The summed E-state index contributed by atoms with van der Waals surface area (Å²) in [7, 11) is 6.69.